The Balaban J connectivity index is 1.89. The number of ether oxygens (including phenoxy) is 2. The molecule has 1 fully saturated rings. The Labute approximate surface area is 188 Å². The van der Waals surface area contributed by atoms with Gasteiger partial charge in [0.1, 0.15) is 11.4 Å². The highest BCUT2D eigenvalue weighted by Gasteiger charge is 2.45. The SMILES string of the molecule is CCN1C(=O)OC(C)(C)c2cc(C)c(-c3cc(C4CC4C(=O)O)ccc3OC(F)(F)F)cc21. The molecule has 1 N–H and O–H groups in total. The molecular formula is C24H24F3NO5. The summed E-state index contributed by atoms with van der Waals surface area (Å²) >= 11 is 0. The summed E-state index contributed by atoms with van der Waals surface area (Å²) in [5.74, 6) is -2.13. The lowest BCUT2D eigenvalue weighted by Crippen LogP contribution is -2.43. The Bertz CT molecular complexity index is 1140. The lowest BCUT2D eigenvalue weighted by molar-refractivity contribution is -0.274. The van der Waals surface area contributed by atoms with Crippen LogP contribution in [0.25, 0.3) is 11.1 Å². The van der Waals surface area contributed by atoms with Crippen LogP contribution in [0.5, 0.6) is 5.75 Å². The van der Waals surface area contributed by atoms with Crippen LogP contribution in [-0.4, -0.2) is 30.1 Å². The van der Waals surface area contributed by atoms with Gasteiger partial charge < -0.3 is 14.6 Å². The standard InChI is InChI=1S/C24H24F3NO5/c1-5-28-19-11-14(12(2)8-18(19)23(3,4)33-22(28)31)16-9-13(15-10-17(15)21(29)30)6-7-20(16)32-24(25,26)27/h6-9,11,15,17H,5,10H2,1-4H3,(H,29,30). The fourth-order valence-corrected chi connectivity index (χ4v) is 4.46. The molecular weight excluding hydrogens is 439 g/mol. The van der Waals surface area contributed by atoms with Crippen molar-refractivity contribution in [2.75, 3.05) is 11.4 Å². The largest absolute Gasteiger partial charge is 0.573 e. The molecule has 4 rings (SSSR count). The highest BCUT2D eigenvalue weighted by molar-refractivity contribution is 5.93. The van der Waals surface area contributed by atoms with E-state index in [0.29, 0.717) is 35.3 Å². The molecule has 2 atom stereocenters. The number of rotatable bonds is 5. The van der Waals surface area contributed by atoms with Gasteiger partial charge in [0.2, 0.25) is 0 Å². The average Bonchev–Trinajstić information content (AvgIpc) is 3.48. The van der Waals surface area contributed by atoms with Crippen molar-refractivity contribution < 1.29 is 37.3 Å². The molecule has 33 heavy (non-hydrogen) atoms. The van der Waals surface area contributed by atoms with Crippen LogP contribution in [0.2, 0.25) is 0 Å². The van der Waals surface area contributed by atoms with E-state index in [1.54, 1.807) is 45.9 Å². The van der Waals surface area contributed by atoms with Crippen molar-refractivity contribution >= 4 is 17.7 Å². The van der Waals surface area contributed by atoms with E-state index in [2.05, 4.69) is 4.74 Å². The number of carboxylic acids is 1. The number of cyclic esters (lactones) is 1. The first-order valence-corrected chi connectivity index (χ1v) is 10.6. The van der Waals surface area contributed by atoms with E-state index >= 15 is 0 Å². The van der Waals surface area contributed by atoms with Crippen molar-refractivity contribution in [1.29, 1.82) is 0 Å². The summed E-state index contributed by atoms with van der Waals surface area (Å²) in [6, 6.07) is 7.75. The summed E-state index contributed by atoms with van der Waals surface area (Å²) in [5, 5.41) is 9.26. The minimum absolute atomic E-state index is 0.189. The number of fused-ring (bicyclic) bond motifs is 1. The lowest BCUT2D eigenvalue weighted by atomic mass is 9.87. The summed E-state index contributed by atoms with van der Waals surface area (Å²) in [5.41, 5.74) is 2.35. The Kier molecular flexibility index (Phi) is 5.34. The number of carbonyl (C=O) groups is 2. The zero-order chi connectivity index (χ0) is 24.3. The molecule has 1 amide bonds. The summed E-state index contributed by atoms with van der Waals surface area (Å²) in [7, 11) is 0. The summed E-state index contributed by atoms with van der Waals surface area (Å²) in [6.07, 6.45) is -5.00. The second-order valence-electron chi connectivity index (χ2n) is 8.90. The van der Waals surface area contributed by atoms with Crippen LogP contribution in [0.3, 0.4) is 0 Å². The van der Waals surface area contributed by atoms with Crippen LogP contribution >= 0.6 is 0 Å². The number of benzene rings is 2. The molecule has 1 aliphatic heterocycles. The highest BCUT2D eigenvalue weighted by atomic mass is 19.4. The van der Waals surface area contributed by atoms with Crippen molar-refractivity contribution in [2.24, 2.45) is 5.92 Å². The van der Waals surface area contributed by atoms with Gasteiger partial charge in [0.05, 0.1) is 11.6 Å². The van der Waals surface area contributed by atoms with Crippen LogP contribution < -0.4 is 9.64 Å². The molecule has 2 aromatic rings. The zero-order valence-electron chi connectivity index (χ0n) is 18.6. The molecule has 1 heterocycles. The monoisotopic (exact) mass is 463 g/mol. The van der Waals surface area contributed by atoms with Crippen LogP contribution in [-0.2, 0) is 15.1 Å². The minimum Gasteiger partial charge on any atom is -0.481 e. The minimum atomic E-state index is -4.90. The second-order valence-corrected chi connectivity index (χ2v) is 8.90. The Morgan fingerprint density at radius 3 is 2.52 bits per heavy atom. The molecule has 1 saturated carbocycles. The maximum Gasteiger partial charge on any atom is 0.573 e. The van der Waals surface area contributed by atoms with E-state index in [4.69, 9.17) is 4.74 Å². The molecule has 0 spiro atoms. The number of halogens is 3. The van der Waals surface area contributed by atoms with Crippen molar-refractivity contribution in [2.45, 2.75) is 52.0 Å². The maximum atomic E-state index is 13.2. The first kappa shape index (κ1) is 22.9. The average molecular weight is 463 g/mol. The predicted octanol–water partition coefficient (Wildman–Crippen LogP) is 5.96. The normalized spacial score (nSPS) is 21.3. The Hall–Kier alpha value is -3.23. The summed E-state index contributed by atoms with van der Waals surface area (Å²) in [6.45, 7) is 7.38. The van der Waals surface area contributed by atoms with E-state index in [-0.39, 0.29) is 17.2 Å². The Morgan fingerprint density at radius 1 is 1.24 bits per heavy atom. The zero-order valence-corrected chi connectivity index (χ0v) is 18.6. The third kappa shape index (κ3) is 4.24. The van der Waals surface area contributed by atoms with Gasteiger partial charge in [-0.3, -0.25) is 9.69 Å². The maximum absolute atomic E-state index is 13.2. The fraction of sp³-hybridized carbons (Fsp3) is 0.417. The predicted molar refractivity (Wildman–Crippen MR) is 114 cm³/mol. The Morgan fingerprint density at radius 2 is 1.94 bits per heavy atom. The summed E-state index contributed by atoms with van der Waals surface area (Å²) < 4.78 is 49.3. The molecule has 0 saturated heterocycles. The number of hydrogen-bond acceptors (Lipinski definition) is 4. The van der Waals surface area contributed by atoms with Crippen LogP contribution in [0.1, 0.15) is 49.8 Å². The third-order valence-corrected chi connectivity index (χ3v) is 6.22. The van der Waals surface area contributed by atoms with Gasteiger partial charge in [-0.15, -0.1) is 13.2 Å². The van der Waals surface area contributed by atoms with E-state index in [1.165, 1.54) is 17.0 Å². The number of carboxylic acid groups (broad SMARTS) is 1. The molecule has 0 bridgehead atoms. The number of aliphatic carboxylic acids is 1. The number of hydrogen-bond donors (Lipinski definition) is 1. The number of alkyl halides is 3. The molecule has 0 radical (unpaired) electrons. The van der Waals surface area contributed by atoms with E-state index in [9.17, 15) is 27.9 Å². The van der Waals surface area contributed by atoms with Crippen molar-refractivity contribution in [3.8, 4) is 16.9 Å². The third-order valence-electron chi connectivity index (χ3n) is 6.22. The van der Waals surface area contributed by atoms with Crippen molar-refractivity contribution in [3.63, 3.8) is 0 Å². The first-order valence-electron chi connectivity index (χ1n) is 10.6. The summed E-state index contributed by atoms with van der Waals surface area (Å²) in [4.78, 5) is 25.3. The van der Waals surface area contributed by atoms with Gasteiger partial charge in [-0.2, -0.15) is 0 Å². The molecule has 2 aliphatic rings. The molecule has 0 aromatic heterocycles. The van der Waals surface area contributed by atoms with Gasteiger partial charge in [-0.05, 0) is 81.0 Å². The van der Waals surface area contributed by atoms with Gasteiger partial charge >= 0.3 is 18.4 Å². The van der Waals surface area contributed by atoms with Crippen LogP contribution in [0, 0.1) is 12.8 Å². The van der Waals surface area contributed by atoms with Crippen molar-refractivity contribution in [3.05, 3.63) is 47.0 Å². The quantitative estimate of drug-likeness (QED) is 0.592. The smallest absolute Gasteiger partial charge is 0.481 e. The molecule has 6 nitrogen and oxygen atoms in total. The lowest BCUT2D eigenvalue weighted by Gasteiger charge is -2.38. The molecule has 176 valence electrons. The van der Waals surface area contributed by atoms with E-state index < -0.39 is 29.9 Å². The van der Waals surface area contributed by atoms with Gasteiger partial charge in [0.15, 0.2) is 0 Å². The van der Waals surface area contributed by atoms with Gasteiger partial charge in [-0.1, -0.05) is 6.07 Å². The number of aryl methyl sites for hydroxylation is 1. The van der Waals surface area contributed by atoms with Crippen LogP contribution in [0.4, 0.5) is 23.7 Å². The fourth-order valence-electron chi connectivity index (χ4n) is 4.46. The number of nitrogens with zero attached hydrogens (tertiary/aromatic N) is 1. The van der Waals surface area contributed by atoms with E-state index in [1.807, 2.05) is 0 Å². The highest BCUT2D eigenvalue weighted by Crippen LogP contribution is 2.50. The number of carbonyl (C=O) groups excluding carboxylic acids is 1. The molecule has 2 unspecified atom stereocenters. The topological polar surface area (TPSA) is 76.1 Å². The van der Waals surface area contributed by atoms with E-state index in [0.717, 1.165) is 5.56 Å². The van der Waals surface area contributed by atoms with Gasteiger partial charge in [-0.25, -0.2) is 4.79 Å². The molecule has 2 aromatic carbocycles. The molecule has 9 heteroatoms. The first-order chi connectivity index (χ1) is 15.3. The second kappa shape index (κ2) is 7.67. The molecule has 1 aliphatic carbocycles. The van der Waals surface area contributed by atoms with Gasteiger partial charge in [0, 0.05) is 17.7 Å². The number of anilines is 1. The number of amides is 1. The van der Waals surface area contributed by atoms with Crippen LogP contribution in [0.15, 0.2) is 30.3 Å². The van der Waals surface area contributed by atoms with Gasteiger partial charge in [0.25, 0.3) is 0 Å². The van der Waals surface area contributed by atoms with Crippen molar-refractivity contribution in [1.82, 2.24) is 0 Å².